The number of pyridine rings is 1. The highest BCUT2D eigenvalue weighted by atomic mass is 16.2. The molecule has 2 fully saturated rings. The average molecular weight is 298 g/mol. The minimum atomic E-state index is 0.204. The number of amides is 1. The number of rotatable bonds is 3. The van der Waals surface area contributed by atoms with Crippen LogP contribution in [0.15, 0.2) is 24.5 Å². The van der Waals surface area contributed by atoms with E-state index in [0.717, 1.165) is 43.7 Å². The SMILES string of the molecule is Cc1ccc2nc(CNC(=O)C3CC34CCNCC4)cn2c1. The maximum Gasteiger partial charge on any atom is 0.224 e. The lowest BCUT2D eigenvalue weighted by Crippen LogP contribution is -2.33. The van der Waals surface area contributed by atoms with Crippen molar-refractivity contribution in [3.05, 3.63) is 35.8 Å². The quantitative estimate of drug-likeness (QED) is 0.906. The minimum absolute atomic E-state index is 0.204. The van der Waals surface area contributed by atoms with Gasteiger partial charge in [0.05, 0.1) is 12.2 Å². The van der Waals surface area contributed by atoms with E-state index in [1.807, 2.05) is 16.7 Å². The van der Waals surface area contributed by atoms with Crippen LogP contribution in [0.2, 0.25) is 0 Å². The maximum absolute atomic E-state index is 12.4. The van der Waals surface area contributed by atoms with E-state index in [1.54, 1.807) is 0 Å². The van der Waals surface area contributed by atoms with Gasteiger partial charge in [0, 0.05) is 18.3 Å². The fourth-order valence-electron chi connectivity index (χ4n) is 3.74. The zero-order chi connectivity index (χ0) is 15.2. The van der Waals surface area contributed by atoms with Crippen molar-refractivity contribution in [1.29, 1.82) is 0 Å². The van der Waals surface area contributed by atoms with E-state index in [1.165, 1.54) is 5.56 Å². The number of fused-ring (bicyclic) bond motifs is 1. The smallest absolute Gasteiger partial charge is 0.224 e. The van der Waals surface area contributed by atoms with Crippen LogP contribution in [-0.4, -0.2) is 28.4 Å². The van der Waals surface area contributed by atoms with Crippen LogP contribution in [0.4, 0.5) is 0 Å². The van der Waals surface area contributed by atoms with Crippen molar-refractivity contribution in [2.45, 2.75) is 32.7 Å². The van der Waals surface area contributed by atoms with Gasteiger partial charge in [0.1, 0.15) is 5.65 Å². The zero-order valence-electron chi connectivity index (χ0n) is 12.9. The molecule has 5 nitrogen and oxygen atoms in total. The van der Waals surface area contributed by atoms with E-state index < -0.39 is 0 Å². The zero-order valence-corrected chi connectivity index (χ0v) is 12.9. The molecule has 0 radical (unpaired) electrons. The first-order valence-corrected chi connectivity index (χ1v) is 8.09. The first-order chi connectivity index (χ1) is 10.7. The predicted octanol–water partition coefficient (Wildman–Crippen LogP) is 1.65. The molecule has 1 unspecified atom stereocenters. The summed E-state index contributed by atoms with van der Waals surface area (Å²) >= 11 is 0. The molecule has 22 heavy (non-hydrogen) atoms. The molecule has 2 aromatic rings. The molecule has 0 bridgehead atoms. The monoisotopic (exact) mass is 298 g/mol. The fourth-order valence-corrected chi connectivity index (χ4v) is 3.74. The molecule has 116 valence electrons. The summed E-state index contributed by atoms with van der Waals surface area (Å²) in [6.45, 7) is 4.68. The summed E-state index contributed by atoms with van der Waals surface area (Å²) in [5.74, 6) is 0.420. The van der Waals surface area contributed by atoms with Crippen LogP contribution < -0.4 is 10.6 Å². The summed E-state index contributed by atoms with van der Waals surface area (Å²) < 4.78 is 2.02. The van der Waals surface area contributed by atoms with E-state index in [0.29, 0.717) is 12.0 Å². The van der Waals surface area contributed by atoms with Crippen molar-refractivity contribution in [2.75, 3.05) is 13.1 Å². The highest BCUT2D eigenvalue weighted by Gasteiger charge is 2.57. The molecule has 4 rings (SSSR count). The Bertz CT molecular complexity index is 715. The Labute approximate surface area is 130 Å². The Kier molecular flexibility index (Phi) is 3.18. The normalized spacial score (nSPS) is 22.9. The Morgan fingerprint density at radius 3 is 3.05 bits per heavy atom. The average Bonchev–Trinajstić information content (AvgIpc) is 3.05. The number of aromatic nitrogens is 2. The second-order valence-corrected chi connectivity index (χ2v) is 6.79. The van der Waals surface area contributed by atoms with Gasteiger partial charge in [-0.1, -0.05) is 6.07 Å². The van der Waals surface area contributed by atoms with Gasteiger partial charge in [0.15, 0.2) is 0 Å². The van der Waals surface area contributed by atoms with Crippen LogP contribution in [0.3, 0.4) is 0 Å². The van der Waals surface area contributed by atoms with E-state index in [-0.39, 0.29) is 11.8 Å². The molecule has 2 aromatic heterocycles. The number of aryl methyl sites for hydroxylation is 1. The van der Waals surface area contributed by atoms with E-state index >= 15 is 0 Å². The van der Waals surface area contributed by atoms with Gasteiger partial charge in [-0.15, -0.1) is 0 Å². The van der Waals surface area contributed by atoms with E-state index in [4.69, 9.17) is 0 Å². The summed E-state index contributed by atoms with van der Waals surface area (Å²) in [7, 11) is 0. The second-order valence-electron chi connectivity index (χ2n) is 6.79. The van der Waals surface area contributed by atoms with Gasteiger partial charge < -0.3 is 15.0 Å². The number of nitrogens with zero attached hydrogens (tertiary/aromatic N) is 2. The maximum atomic E-state index is 12.4. The van der Waals surface area contributed by atoms with Crippen LogP contribution in [0.25, 0.3) is 5.65 Å². The molecule has 1 aliphatic carbocycles. The fraction of sp³-hybridized carbons (Fsp3) is 0.529. The van der Waals surface area contributed by atoms with Crippen LogP contribution >= 0.6 is 0 Å². The number of carbonyl (C=O) groups is 1. The standard InChI is InChI=1S/C17H22N4O/c1-12-2-3-15-20-13(11-21(15)10-12)9-19-16(22)14-8-17(14)4-6-18-7-5-17/h2-3,10-11,14,18H,4-9H2,1H3,(H,19,22). The first-order valence-electron chi connectivity index (χ1n) is 8.09. The van der Waals surface area contributed by atoms with Gasteiger partial charge >= 0.3 is 0 Å². The van der Waals surface area contributed by atoms with Crippen molar-refractivity contribution in [2.24, 2.45) is 11.3 Å². The van der Waals surface area contributed by atoms with Crippen LogP contribution in [0, 0.1) is 18.3 Å². The minimum Gasteiger partial charge on any atom is -0.350 e. The molecule has 1 amide bonds. The number of nitrogens with one attached hydrogen (secondary N) is 2. The number of hydrogen-bond donors (Lipinski definition) is 2. The van der Waals surface area contributed by atoms with Crippen molar-refractivity contribution >= 4 is 11.6 Å². The number of carbonyl (C=O) groups excluding carboxylic acids is 1. The Hall–Kier alpha value is -1.88. The van der Waals surface area contributed by atoms with Crippen LogP contribution in [0.5, 0.6) is 0 Å². The van der Waals surface area contributed by atoms with Gasteiger partial charge in [-0.3, -0.25) is 4.79 Å². The summed E-state index contributed by atoms with van der Waals surface area (Å²) in [5, 5.41) is 6.45. The van der Waals surface area contributed by atoms with Gasteiger partial charge in [0.25, 0.3) is 0 Å². The third-order valence-corrected chi connectivity index (χ3v) is 5.20. The van der Waals surface area contributed by atoms with Gasteiger partial charge in [-0.25, -0.2) is 4.98 Å². The largest absolute Gasteiger partial charge is 0.350 e. The highest BCUT2D eigenvalue weighted by molar-refractivity contribution is 5.82. The van der Waals surface area contributed by atoms with Crippen LogP contribution in [-0.2, 0) is 11.3 Å². The molecule has 5 heteroatoms. The molecular weight excluding hydrogens is 276 g/mol. The van der Waals surface area contributed by atoms with Crippen molar-refractivity contribution < 1.29 is 4.79 Å². The topological polar surface area (TPSA) is 58.4 Å². The lowest BCUT2D eigenvalue weighted by atomic mass is 9.92. The Morgan fingerprint density at radius 1 is 1.41 bits per heavy atom. The summed E-state index contributed by atoms with van der Waals surface area (Å²) in [4.78, 5) is 16.9. The molecule has 1 atom stereocenters. The Balaban J connectivity index is 1.38. The third-order valence-electron chi connectivity index (χ3n) is 5.20. The van der Waals surface area contributed by atoms with Crippen molar-refractivity contribution in [3.8, 4) is 0 Å². The van der Waals surface area contributed by atoms with Crippen LogP contribution in [0.1, 0.15) is 30.5 Å². The Morgan fingerprint density at radius 2 is 2.23 bits per heavy atom. The van der Waals surface area contributed by atoms with Crippen molar-refractivity contribution in [1.82, 2.24) is 20.0 Å². The molecule has 1 aliphatic heterocycles. The summed E-state index contributed by atoms with van der Waals surface area (Å²) in [5.41, 5.74) is 3.34. The summed E-state index contributed by atoms with van der Waals surface area (Å²) in [6.07, 6.45) is 7.39. The number of hydrogen-bond acceptors (Lipinski definition) is 3. The highest BCUT2D eigenvalue weighted by Crippen LogP contribution is 2.58. The number of imidazole rings is 1. The van der Waals surface area contributed by atoms with E-state index in [9.17, 15) is 4.79 Å². The lowest BCUT2D eigenvalue weighted by Gasteiger charge is -2.23. The molecule has 2 N–H and O–H groups in total. The molecule has 1 saturated heterocycles. The molecular formula is C17H22N4O. The lowest BCUT2D eigenvalue weighted by molar-refractivity contribution is -0.123. The molecule has 1 saturated carbocycles. The van der Waals surface area contributed by atoms with Crippen molar-refractivity contribution in [3.63, 3.8) is 0 Å². The first kappa shape index (κ1) is 13.8. The third kappa shape index (κ3) is 2.39. The second kappa shape index (κ2) is 5.09. The molecule has 0 aromatic carbocycles. The predicted molar refractivity (Wildman–Crippen MR) is 84.4 cm³/mol. The van der Waals surface area contributed by atoms with Gasteiger partial charge in [0.2, 0.25) is 5.91 Å². The van der Waals surface area contributed by atoms with Gasteiger partial charge in [-0.05, 0) is 56.3 Å². The molecule has 2 aliphatic rings. The van der Waals surface area contributed by atoms with E-state index in [2.05, 4.69) is 34.8 Å². The molecule has 3 heterocycles. The molecule has 1 spiro atoms. The number of piperidine rings is 1. The van der Waals surface area contributed by atoms with Gasteiger partial charge in [-0.2, -0.15) is 0 Å². The summed E-state index contributed by atoms with van der Waals surface area (Å²) in [6, 6.07) is 4.06.